The number of carbonyl (C=O) groups excluding carboxylic acids is 1. The minimum Gasteiger partial charge on any atom is -0.396 e. The van der Waals surface area contributed by atoms with Gasteiger partial charge in [0.15, 0.2) is 0 Å². The summed E-state index contributed by atoms with van der Waals surface area (Å²) in [5.41, 5.74) is 3.60. The Bertz CT molecular complexity index is 1300. The molecule has 2 aliphatic rings. The quantitative estimate of drug-likeness (QED) is 0.534. The normalized spacial score (nSPS) is 24.0. The molecule has 5 rings (SSSR count). The molecule has 6 heteroatoms. The molecule has 2 aliphatic heterocycles. The van der Waals surface area contributed by atoms with Crippen LogP contribution in [0.4, 0.5) is 0 Å². The van der Waals surface area contributed by atoms with Gasteiger partial charge in [0.1, 0.15) is 0 Å². The van der Waals surface area contributed by atoms with Crippen molar-refractivity contribution < 1.29 is 9.90 Å². The highest BCUT2D eigenvalue weighted by Gasteiger charge is 2.55. The standard InChI is InChI=1S/C30H33N3O3/c1-3-10-23-15-16-25-28-27(29(35)31-20(2)22-13-8-5-9-14-22)24(19-34)26(18-33(25)30(23)36)32(28)17-21-11-6-4-7-12-21/h3-16,20,24,26-28,34H,17-19H2,1-2H3,(H,31,35)/b10-3+/t20-,24+,26+,27-,28-/m1/s1. The SMILES string of the molecule is C/C=C/c1ccc2n(c1=O)C[C@H]1[C@H](CO)[C@@H](C(=O)N[C@H](C)c3ccccc3)[C@@H]2N1Cc1ccccc1. The Balaban J connectivity index is 1.55. The first-order chi connectivity index (χ1) is 17.5. The van der Waals surface area contributed by atoms with Crippen molar-refractivity contribution in [1.29, 1.82) is 0 Å². The fraction of sp³-hybridized carbons (Fsp3) is 0.333. The molecule has 1 saturated heterocycles. The van der Waals surface area contributed by atoms with Crippen molar-refractivity contribution in [2.75, 3.05) is 6.61 Å². The van der Waals surface area contributed by atoms with Crippen LogP contribution >= 0.6 is 0 Å². The zero-order valence-electron chi connectivity index (χ0n) is 20.7. The first-order valence-electron chi connectivity index (χ1n) is 12.7. The minimum atomic E-state index is -0.476. The van der Waals surface area contributed by atoms with Crippen molar-refractivity contribution in [3.63, 3.8) is 0 Å². The second-order valence-corrected chi connectivity index (χ2v) is 9.81. The van der Waals surface area contributed by atoms with E-state index in [1.165, 1.54) is 0 Å². The Kier molecular flexibility index (Phi) is 6.90. The number of nitrogens with one attached hydrogen (secondary N) is 1. The molecule has 6 nitrogen and oxygen atoms in total. The molecule has 186 valence electrons. The van der Waals surface area contributed by atoms with E-state index in [0.29, 0.717) is 18.7 Å². The number of carbonyl (C=O) groups is 1. The Labute approximate surface area is 211 Å². The third-order valence-electron chi connectivity index (χ3n) is 7.72. The monoisotopic (exact) mass is 483 g/mol. The van der Waals surface area contributed by atoms with Gasteiger partial charge in [-0.3, -0.25) is 14.5 Å². The number of fused-ring (bicyclic) bond motifs is 4. The number of aliphatic hydroxyl groups excluding tert-OH is 1. The molecular weight excluding hydrogens is 450 g/mol. The zero-order valence-corrected chi connectivity index (χ0v) is 20.7. The Morgan fingerprint density at radius 3 is 2.44 bits per heavy atom. The summed E-state index contributed by atoms with van der Waals surface area (Å²) in [5, 5.41) is 13.8. The number of pyridine rings is 1. The Morgan fingerprint density at radius 1 is 1.08 bits per heavy atom. The van der Waals surface area contributed by atoms with Crippen molar-refractivity contribution in [3.05, 3.63) is 112 Å². The van der Waals surface area contributed by atoms with Crippen LogP contribution in [0.15, 0.2) is 83.7 Å². The summed E-state index contributed by atoms with van der Waals surface area (Å²) in [6.07, 6.45) is 3.68. The van der Waals surface area contributed by atoms with Crippen molar-refractivity contribution in [2.45, 2.75) is 45.1 Å². The molecule has 0 saturated carbocycles. The van der Waals surface area contributed by atoms with E-state index in [2.05, 4.69) is 22.3 Å². The molecule has 3 aromatic rings. The predicted molar refractivity (Wildman–Crippen MR) is 141 cm³/mol. The van der Waals surface area contributed by atoms with Crippen molar-refractivity contribution in [3.8, 4) is 0 Å². The molecule has 2 N–H and O–H groups in total. The topological polar surface area (TPSA) is 74.6 Å². The molecule has 0 spiro atoms. The fourth-order valence-electron chi connectivity index (χ4n) is 5.99. The summed E-state index contributed by atoms with van der Waals surface area (Å²) in [6, 6.07) is 23.3. The first-order valence-corrected chi connectivity index (χ1v) is 12.7. The molecule has 0 unspecified atom stereocenters. The molecule has 2 bridgehead atoms. The fourth-order valence-corrected chi connectivity index (χ4v) is 5.99. The zero-order chi connectivity index (χ0) is 25.2. The van der Waals surface area contributed by atoms with Gasteiger partial charge in [0, 0.05) is 42.9 Å². The van der Waals surface area contributed by atoms with Crippen LogP contribution < -0.4 is 10.9 Å². The van der Waals surface area contributed by atoms with E-state index in [1.807, 2.05) is 91.2 Å². The highest BCUT2D eigenvalue weighted by Crippen LogP contribution is 2.49. The Hall–Kier alpha value is -3.48. The average Bonchev–Trinajstić information content (AvgIpc) is 3.10. The van der Waals surface area contributed by atoms with Gasteiger partial charge in [-0.15, -0.1) is 0 Å². The Morgan fingerprint density at radius 2 is 1.78 bits per heavy atom. The third kappa shape index (κ3) is 4.31. The molecule has 5 atom stereocenters. The first kappa shape index (κ1) is 24.2. The summed E-state index contributed by atoms with van der Waals surface area (Å²) < 4.78 is 1.82. The van der Waals surface area contributed by atoms with E-state index in [-0.39, 0.29) is 42.1 Å². The average molecular weight is 484 g/mol. The van der Waals surface area contributed by atoms with Crippen molar-refractivity contribution in [2.24, 2.45) is 11.8 Å². The van der Waals surface area contributed by atoms with Crippen LogP contribution in [0.1, 0.15) is 48.3 Å². The number of benzene rings is 2. The molecule has 36 heavy (non-hydrogen) atoms. The van der Waals surface area contributed by atoms with Crippen LogP contribution in [0.3, 0.4) is 0 Å². The molecule has 0 aliphatic carbocycles. The van der Waals surface area contributed by atoms with Gasteiger partial charge < -0.3 is 15.0 Å². The number of hydrogen-bond acceptors (Lipinski definition) is 4. The molecule has 1 amide bonds. The molecular formula is C30H33N3O3. The van der Waals surface area contributed by atoms with Gasteiger partial charge in [0.25, 0.3) is 5.56 Å². The van der Waals surface area contributed by atoms with Gasteiger partial charge in [0.05, 0.1) is 18.0 Å². The van der Waals surface area contributed by atoms with Crippen LogP contribution in [-0.4, -0.2) is 33.1 Å². The van der Waals surface area contributed by atoms with Crippen molar-refractivity contribution in [1.82, 2.24) is 14.8 Å². The van der Waals surface area contributed by atoms with E-state index in [9.17, 15) is 14.7 Å². The molecule has 0 radical (unpaired) electrons. The maximum atomic E-state index is 13.9. The van der Waals surface area contributed by atoms with E-state index in [1.54, 1.807) is 0 Å². The van der Waals surface area contributed by atoms with Crippen molar-refractivity contribution >= 4 is 12.0 Å². The number of nitrogens with zero attached hydrogens (tertiary/aromatic N) is 2. The number of aliphatic hydroxyl groups is 1. The van der Waals surface area contributed by atoms with Gasteiger partial charge in [-0.25, -0.2) is 0 Å². The lowest BCUT2D eigenvalue weighted by Gasteiger charge is -2.38. The van der Waals surface area contributed by atoms with E-state index < -0.39 is 5.92 Å². The van der Waals surface area contributed by atoms with Crippen LogP contribution in [0.2, 0.25) is 0 Å². The third-order valence-corrected chi connectivity index (χ3v) is 7.72. The van der Waals surface area contributed by atoms with Gasteiger partial charge >= 0.3 is 0 Å². The summed E-state index contributed by atoms with van der Waals surface area (Å²) in [6.45, 7) is 4.85. The van der Waals surface area contributed by atoms with E-state index in [4.69, 9.17) is 0 Å². The number of aromatic nitrogens is 1. The second-order valence-electron chi connectivity index (χ2n) is 9.81. The van der Waals surface area contributed by atoms with Gasteiger partial charge in [-0.05, 0) is 37.1 Å². The van der Waals surface area contributed by atoms with Gasteiger partial charge in [-0.1, -0.05) is 72.8 Å². The lowest BCUT2D eigenvalue weighted by atomic mass is 9.86. The number of amides is 1. The molecule has 1 aromatic heterocycles. The second kappa shape index (κ2) is 10.2. The number of allylic oxidation sites excluding steroid dienone is 1. The van der Waals surface area contributed by atoms with Crippen LogP contribution in [-0.2, 0) is 17.9 Å². The highest BCUT2D eigenvalue weighted by molar-refractivity contribution is 5.81. The lowest BCUT2D eigenvalue weighted by molar-refractivity contribution is -0.128. The van der Waals surface area contributed by atoms with Crippen LogP contribution in [0, 0.1) is 11.8 Å². The highest BCUT2D eigenvalue weighted by atomic mass is 16.3. The molecule has 2 aromatic carbocycles. The summed E-state index contributed by atoms with van der Waals surface area (Å²) in [4.78, 5) is 29.5. The smallest absolute Gasteiger partial charge is 0.258 e. The maximum Gasteiger partial charge on any atom is 0.258 e. The van der Waals surface area contributed by atoms with Crippen LogP contribution in [0.5, 0.6) is 0 Å². The lowest BCUT2D eigenvalue weighted by Crippen LogP contribution is -2.46. The maximum absolute atomic E-state index is 13.9. The van der Waals surface area contributed by atoms with E-state index in [0.717, 1.165) is 16.8 Å². The number of hydrogen-bond donors (Lipinski definition) is 2. The van der Waals surface area contributed by atoms with Crippen LogP contribution in [0.25, 0.3) is 6.08 Å². The molecule has 3 heterocycles. The van der Waals surface area contributed by atoms with Gasteiger partial charge in [-0.2, -0.15) is 0 Å². The summed E-state index contributed by atoms with van der Waals surface area (Å²) in [7, 11) is 0. The summed E-state index contributed by atoms with van der Waals surface area (Å²) in [5.74, 6) is -0.851. The van der Waals surface area contributed by atoms with Gasteiger partial charge in [0.2, 0.25) is 5.91 Å². The largest absolute Gasteiger partial charge is 0.396 e. The van der Waals surface area contributed by atoms with E-state index >= 15 is 0 Å². The summed E-state index contributed by atoms with van der Waals surface area (Å²) >= 11 is 0. The number of rotatable bonds is 7. The predicted octanol–water partition coefficient (Wildman–Crippen LogP) is 3.92. The molecule has 1 fully saturated rings. The minimum absolute atomic E-state index is 0.0460.